The Hall–Kier alpha value is -5.69. The molecule has 2 fully saturated rings. The molecule has 0 N–H and O–H groups in total. The summed E-state index contributed by atoms with van der Waals surface area (Å²) in [7, 11) is -4.35. The number of aromatic nitrogens is 1. The Kier molecular flexibility index (Phi) is 7.93. The normalized spacial score (nSPS) is 20.1. The van der Waals surface area contributed by atoms with Crippen LogP contribution in [0.25, 0.3) is 5.57 Å². The molecule has 0 aliphatic carbocycles. The molecule has 0 unspecified atom stereocenters. The molecule has 12 nitrogen and oxygen atoms in total. The van der Waals surface area contributed by atoms with Crippen molar-refractivity contribution in [3.8, 4) is 5.75 Å². The SMILES string of the molecule is CC1(C)[C@H](C(=O)OC(c2ccccc2)c2ccccc2)N2C(=O)/C(=C(\C(=O)Oc3ccc([N+](=O)[O-])cc3)c3ccccn3)[C@H]2S1(=O)=O. The molecule has 0 saturated carbocycles. The van der Waals surface area contributed by atoms with Gasteiger partial charge in [0.15, 0.2) is 27.4 Å². The van der Waals surface area contributed by atoms with Crippen LogP contribution in [0, 0.1) is 10.1 Å². The van der Waals surface area contributed by atoms with Crippen LogP contribution in [0.1, 0.15) is 36.8 Å². The first-order valence-corrected chi connectivity index (χ1v) is 16.0. The lowest BCUT2D eigenvalue weighted by Gasteiger charge is -2.39. The number of rotatable bonds is 8. The van der Waals surface area contributed by atoms with E-state index < -0.39 is 66.0 Å². The van der Waals surface area contributed by atoms with Crippen LogP contribution in [0.3, 0.4) is 0 Å². The molecule has 2 saturated heterocycles. The van der Waals surface area contributed by atoms with Crippen molar-refractivity contribution in [2.75, 3.05) is 0 Å². The maximum Gasteiger partial charge on any atom is 0.346 e. The molecule has 2 aliphatic heterocycles. The Morgan fingerprint density at radius 3 is 2.00 bits per heavy atom. The summed E-state index contributed by atoms with van der Waals surface area (Å²) in [6.07, 6.45) is 0.464. The highest BCUT2D eigenvalue weighted by molar-refractivity contribution is 7.94. The number of benzene rings is 3. The highest BCUT2D eigenvalue weighted by atomic mass is 32.2. The van der Waals surface area contributed by atoms with Crippen LogP contribution in [0.5, 0.6) is 5.75 Å². The lowest BCUT2D eigenvalue weighted by Crippen LogP contribution is -2.60. The Bertz CT molecular complexity index is 1980. The zero-order chi connectivity index (χ0) is 33.5. The fourth-order valence-corrected chi connectivity index (χ4v) is 7.95. The first-order valence-electron chi connectivity index (χ1n) is 14.4. The van der Waals surface area contributed by atoms with Gasteiger partial charge in [0.25, 0.3) is 11.6 Å². The lowest BCUT2D eigenvalue weighted by molar-refractivity contribution is -0.384. The molecule has 47 heavy (non-hydrogen) atoms. The summed E-state index contributed by atoms with van der Waals surface area (Å²) in [5, 5.41) is 9.38. The van der Waals surface area contributed by atoms with E-state index in [-0.39, 0.29) is 17.1 Å². The van der Waals surface area contributed by atoms with Crippen molar-refractivity contribution in [3.63, 3.8) is 0 Å². The fraction of sp³-hybridized carbons (Fsp3) is 0.176. The number of nitro benzene ring substituents is 1. The molecule has 4 aromatic rings. The van der Waals surface area contributed by atoms with Crippen molar-refractivity contribution in [1.82, 2.24) is 9.88 Å². The maximum absolute atomic E-state index is 14.1. The van der Waals surface area contributed by atoms with Crippen molar-refractivity contribution in [3.05, 3.63) is 142 Å². The molecule has 2 atom stereocenters. The summed E-state index contributed by atoms with van der Waals surface area (Å²) in [6, 6.07) is 25.5. The number of amides is 1. The lowest BCUT2D eigenvalue weighted by atomic mass is 9.91. The van der Waals surface area contributed by atoms with Gasteiger partial charge in [0.1, 0.15) is 10.5 Å². The third-order valence-electron chi connectivity index (χ3n) is 8.24. The molecule has 3 heterocycles. The van der Waals surface area contributed by atoms with E-state index >= 15 is 0 Å². The molecule has 238 valence electrons. The average Bonchev–Trinajstić information content (AvgIpc) is 3.21. The third kappa shape index (κ3) is 5.33. The Balaban J connectivity index is 1.39. The van der Waals surface area contributed by atoms with Crippen molar-refractivity contribution < 1.29 is 37.2 Å². The zero-order valence-corrected chi connectivity index (χ0v) is 25.9. The maximum atomic E-state index is 14.1. The Labute approximate surface area is 269 Å². The van der Waals surface area contributed by atoms with E-state index in [0.717, 1.165) is 17.0 Å². The van der Waals surface area contributed by atoms with Crippen LogP contribution in [0.2, 0.25) is 0 Å². The average molecular weight is 654 g/mol. The monoisotopic (exact) mass is 653 g/mol. The minimum Gasteiger partial charge on any atom is -0.451 e. The number of pyridine rings is 1. The number of non-ortho nitro benzene ring substituents is 1. The number of carbonyl (C=O) groups is 3. The van der Waals surface area contributed by atoms with Gasteiger partial charge in [-0.05, 0) is 49.2 Å². The molecule has 0 radical (unpaired) electrons. The molecule has 1 amide bonds. The van der Waals surface area contributed by atoms with Crippen molar-refractivity contribution in [1.29, 1.82) is 0 Å². The van der Waals surface area contributed by atoms with Gasteiger partial charge in [0.05, 0.1) is 21.8 Å². The summed E-state index contributed by atoms with van der Waals surface area (Å²) < 4.78 is 37.9. The molecule has 2 aliphatic rings. The molecule has 0 spiro atoms. The van der Waals surface area contributed by atoms with E-state index in [1.807, 2.05) is 12.1 Å². The first-order chi connectivity index (χ1) is 22.4. The number of hydrogen-bond donors (Lipinski definition) is 0. The van der Waals surface area contributed by atoms with Gasteiger partial charge >= 0.3 is 11.9 Å². The fourth-order valence-electron chi connectivity index (χ4n) is 5.81. The third-order valence-corrected chi connectivity index (χ3v) is 11.0. The molecule has 0 bridgehead atoms. The van der Waals surface area contributed by atoms with Gasteiger partial charge in [-0.1, -0.05) is 66.7 Å². The minimum atomic E-state index is -4.35. The second-order valence-electron chi connectivity index (χ2n) is 11.4. The van der Waals surface area contributed by atoms with Crippen LogP contribution < -0.4 is 4.74 Å². The van der Waals surface area contributed by atoms with E-state index in [9.17, 15) is 32.9 Å². The molecule has 1 aromatic heterocycles. The molecule has 6 rings (SSSR count). The molecular formula is C34H27N3O9S. The van der Waals surface area contributed by atoms with Gasteiger partial charge in [-0.15, -0.1) is 0 Å². The Morgan fingerprint density at radius 1 is 0.894 bits per heavy atom. The zero-order valence-electron chi connectivity index (χ0n) is 25.0. The number of nitrogens with zero attached hydrogens (tertiary/aromatic N) is 3. The molecule has 13 heteroatoms. The van der Waals surface area contributed by atoms with E-state index in [1.165, 1.54) is 38.2 Å². The largest absolute Gasteiger partial charge is 0.451 e. The molecular weight excluding hydrogens is 626 g/mol. The second kappa shape index (κ2) is 11.9. The topological polar surface area (TPSA) is 163 Å². The smallest absolute Gasteiger partial charge is 0.346 e. The quantitative estimate of drug-likeness (QED) is 0.0664. The predicted octanol–water partition coefficient (Wildman–Crippen LogP) is 4.43. The first kappa shape index (κ1) is 31.3. The number of β-lactam (4-membered cyclic amide) rings is 1. The number of esters is 2. The van der Waals surface area contributed by atoms with Crippen LogP contribution in [0.15, 0.2) is 115 Å². The van der Waals surface area contributed by atoms with Gasteiger partial charge in [-0.3, -0.25) is 19.9 Å². The summed E-state index contributed by atoms with van der Waals surface area (Å²) in [4.78, 5) is 57.1. The van der Waals surface area contributed by atoms with E-state index in [2.05, 4.69) is 4.98 Å². The van der Waals surface area contributed by atoms with Gasteiger partial charge in [-0.25, -0.2) is 18.0 Å². The summed E-state index contributed by atoms with van der Waals surface area (Å²) >= 11 is 0. The van der Waals surface area contributed by atoms with Crippen LogP contribution in [-0.4, -0.2) is 57.2 Å². The number of carbonyl (C=O) groups excluding carboxylic acids is 3. The van der Waals surface area contributed by atoms with Gasteiger partial charge in [0.2, 0.25) is 0 Å². The van der Waals surface area contributed by atoms with Crippen molar-refractivity contribution in [2.24, 2.45) is 0 Å². The number of nitro groups is 1. The predicted molar refractivity (Wildman–Crippen MR) is 168 cm³/mol. The van der Waals surface area contributed by atoms with Crippen LogP contribution in [0.4, 0.5) is 5.69 Å². The van der Waals surface area contributed by atoms with E-state index in [0.29, 0.717) is 11.1 Å². The standard InChI is InChI=1S/C34H27N3O9S/c1-34(2)29(33(40)46-28(21-11-5-3-6-12-21)22-13-7-4-8-14-22)36-30(38)27(31(36)47(34,43)44)26(25-15-9-10-20-35-25)32(39)45-24-18-16-23(17-19-24)37(41)42/h3-20,28-29,31H,1-2H3/b27-26+/t29-,31+/m0/s1. The van der Waals surface area contributed by atoms with Crippen LogP contribution in [-0.2, 0) is 29.0 Å². The summed E-state index contributed by atoms with van der Waals surface area (Å²) in [5.74, 6) is -2.99. The Morgan fingerprint density at radius 2 is 1.47 bits per heavy atom. The van der Waals surface area contributed by atoms with Crippen molar-refractivity contribution >= 4 is 38.9 Å². The van der Waals surface area contributed by atoms with Crippen molar-refractivity contribution in [2.45, 2.75) is 36.1 Å². The van der Waals surface area contributed by atoms with E-state index in [4.69, 9.17) is 9.47 Å². The summed E-state index contributed by atoms with van der Waals surface area (Å²) in [5.41, 5.74) is 0.205. The minimum absolute atomic E-state index is 0.0327. The van der Waals surface area contributed by atoms with Gasteiger partial charge in [0, 0.05) is 18.3 Å². The second-order valence-corrected chi connectivity index (χ2v) is 14.0. The van der Waals surface area contributed by atoms with Gasteiger partial charge < -0.3 is 14.4 Å². The molecule has 3 aromatic carbocycles. The van der Waals surface area contributed by atoms with E-state index in [1.54, 1.807) is 60.7 Å². The highest BCUT2D eigenvalue weighted by Crippen LogP contribution is 2.51. The number of ether oxygens (including phenoxy) is 2. The van der Waals surface area contributed by atoms with Gasteiger partial charge in [-0.2, -0.15) is 0 Å². The highest BCUT2D eigenvalue weighted by Gasteiger charge is 2.71. The summed E-state index contributed by atoms with van der Waals surface area (Å²) in [6.45, 7) is 2.68. The number of sulfone groups is 1. The number of hydrogen-bond acceptors (Lipinski definition) is 10. The number of fused-ring (bicyclic) bond motifs is 1. The van der Waals surface area contributed by atoms with Crippen LogP contribution >= 0.6 is 0 Å².